The number of benzene rings is 2. The fourth-order valence-corrected chi connectivity index (χ4v) is 2.74. The fourth-order valence-electron chi connectivity index (χ4n) is 2.74. The van der Waals surface area contributed by atoms with Crippen molar-refractivity contribution < 1.29 is 19.0 Å². The fraction of sp³-hybridized carbons (Fsp3) is 0.136. The van der Waals surface area contributed by atoms with Crippen molar-refractivity contribution in [1.82, 2.24) is 15.6 Å². The van der Waals surface area contributed by atoms with Crippen LogP contribution in [0.1, 0.15) is 16.1 Å². The second-order valence-electron chi connectivity index (χ2n) is 6.05. The molecule has 0 aliphatic carbocycles. The van der Waals surface area contributed by atoms with Crippen molar-refractivity contribution in [1.29, 1.82) is 0 Å². The van der Waals surface area contributed by atoms with Gasteiger partial charge in [-0.2, -0.15) is 10.2 Å². The van der Waals surface area contributed by atoms with Crippen LogP contribution in [0.3, 0.4) is 0 Å². The molecule has 0 unspecified atom stereocenters. The first kappa shape index (κ1) is 20.7. The van der Waals surface area contributed by atoms with E-state index in [-0.39, 0.29) is 5.69 Å². The van der Waals surface area contributed by atoms with E-state index < -0.39 is 5.91 Å². The lowest BCUT2D eigenvalue weighted by molar-refractivity contribution is 0.0950. The number of aromatic amines is 1. The monoisotopic (exact) mass is 406 g/mol. The molecule has 0 fully saturated rings. The zero-order chi connectivity index (χ0) is 21.3. The first-order valence-electron chi connectivity index (χ1n) is 9.07. The summed E-state index contributed by atoms with van der Waals surface area (Å²) >= 11 is 0. The first-order valence-corrected chi connectivity index (χ1v) is 9.07. The summed E-state index contributed by atoms with van der Waals surface area (Å²) in [6, 6.07) is 14.6. The summed E-state index contributed by atoms with van der Waals surface area (Å²) in [4.78, 5) is 12.3. The molecule has 0 bridgehead atoms. The van der Waals surface area contributed by atoms with Gasteiger partial charge in [-0.15, -0.1) is 0 Å². The number of allylic oxidation sites excluding steroid dienone is 1. The quantitative estimate of drug-likeness (QED) is 0.441. The minimum Gasteiger partial charge on any atom is -0.497 e. The minimum atomic E-state index is -0.414. The van der Waals surface area contributed by atoms with Gasteiger partial charge in [0.15, 0.2) is 0 Å². The zero-order valence-corrected chi connectivity index (χ0v) is 16.9. The number of amides is 1. The molecule has 1 amide bonds. The molecule has 0 saturated heterocycles. The Kier molecular flexibility index (Phi) is 6.83. The van der Waals surface area contributed by atoms with Gasteiger partial charge in [0, 0.05) is 23.4 Å². The van der Waals surface area contributed by atoms with Gasteiger partial charge in [0.1, 0.15) is 22.9 Å². The highest BCUT2D eigenvalue weighted by Gasteiger charge is 2.14. The molecule has 0 saturated carbocycles. The van der Waals surface area contributed by atoms with Crippen LogP contribution >= 0.6 is 0 Å². The Labute approximate surface area is 174 Å². The molecule has 1 aromatic heterocycles. The molecule has 0 spiro atoms. The van der Waals surface area contributed by atoms with Crippen LogP contribution in [-0.4, -0.2) is 43.6 Å². The van der Waals surface area contributed by atoms with Crippen molar-refractivity contribution >= 4 is 18.2 Å². The van der Waals surface area contributed by atoms with E-state index in [0.29, 0.717) is 17.2 Å². The Bertz CT molecular complexity index is 1070. The maximum Gasteiger partial charge on any atom is 0.289 e. The number of nitrogens with one attached hydrogen (secondary N) is 2. The molecule has 8 nitrogen and oxygen atoms in total. The summed E-state index contributed by atoms with van der Waals surface area (Å²) in [5.41, 5.74) is 4.93. The summed E-state index contributed by atoms with van der Waals surface area (Å²) < 4.78 is 15.9. The number of rotatable bonds is 8. The zero-order valence-electron chi connectivity index (χ0n) is 16.9. The molecule has 3 aromatic rings. The smallest absolute Gasteiger partial charge is 0.289 e. The average Bonchev–Trinajstić information content (AvgIpc) is 3.28. The Morgan fingerprint density at radius 2 is 1.83 bits per heavy atom. The number of hydrazone groups is 1. The second-order valence-corrected chi connectivity index (χ2v) is 6.05. The lowest BCUT2D eigenvalue weighted by Crippen LogP contribution is -2.17. The number of carbonyl (C=O) groups excluding carboxylic acids is 1. The van der Waals surface area contributed by atoms with Crippen LogP contribution in [0.25, 0.3) is 17.3 Å². The van der Waals surface area contributed by atoms with E-state index in [4.69, 9.17) is 14.2 Å². The van der Waals surface area contributed by atoms with Crippen molar-refractivity contribution in [3.05, 3.63) is 65.9 Å². The summed E-state index contributed by atoms with van der Waals surface area (Å²) in [5.74, 6) is 1.60. The van der Waals surface area contributed by atoms with Gasteiger partial charge in [-0.1, -0.05) is 18.2 Å². The van der Waals surface area contributed by atoms with Crippen molar-refractivity contribution in [2.24, 2.45) is 5.10 Å². The number of hydrogen-bond donors (Lipinski definition) is 2. The number of para-hydroxylation sites is 1. The average molecular weight is 406 g/mol. The normalized spacial score (nSPS) is 11.0. The van der Waals surface area contributed by atoms with Gasteiger partial charge < -0.3 is 14.2 Å². The SMILES string of the molecule is COc1ccc(-c2cc(C(=O)N/N=C\C=C\c3ccccc3OC)[nH]n2)c(OC)c1. The van der Waals surface area contributed by atoms with Crippen LogP contribution in [0.4, 0.5) is 0 Å². The molecule has 0 aliphatic heterocycles. The van der Waals surface area contributed by atoms with Gasteiger partial charge in [0.25, 0.3) is 5.91 Å². The number of aromatic nitrogens is 2. The Hall–Kier alpha value is -4.07. The Morgan fingerprint density at radius 3 is 2.60 bits per heavy atom. The summed E-state index contributed by atoms with van der Waals surface area (Å²) in [6.07, 6.45) is 5.02. The highest BCUT2D eigenvalue weighted by Crippen LogP contribution is 2.32. The molecular formula is C22H22N4O4. The number of ether oxygens (including phenoxy) is 3. The molecular weight excluding hydrogens is 384 g/mol. The predicted octanol–water partition coefficient (Wildman–Crippen LogP) is 3.53. The van der Waals surface area contributed by atoms with E-state index in [1.807, 2.05) is 36.4 Å². The van der Waals surface area contributed by atoms with Crippen LogP contribution < -0.4 is 19.6 Å². The molecule has 0 aliphatic rings. The van der Waals surface area contributed by atoms with Gasteiger partial charge in [-0.05, 0) is 36.4 Å². The van der Waals surface area contributed by atoms with E-state index in [1.165, 1.54) is 6.21 Å². The van der Waals surface area contributed by atoms with Gasteiger partial charge >= 0.3 is 0 Å². The number of H-pyrrole nitrogens is 1. The summed E-state index contributed by atoms with van der Waals surface area (Å²) in [6.45, 7) is 0. The van der Waals surface area contributed by atoms with E-state index in [1.54, 1.807) is 45.6 Å². The van der Waals surface area contributed by atoms with Gasteiger partial charge in [0.2, 0.25) is 0 Å². The highest BCUT2D eigenvalue weighted by molar-refractivity contribution is 5.94. The molecule has 0 atom stereocenters. The maximum atomic E-state index is 12.3. The van der Waals surface area contributed by atoms with E-state index in [0.717, 1.165) is 16.9 Å². The largest absolute Gasteiger partial charge is 0.497 e. The molecule has 0 radical (unpaired) electrons. The third-order valence-corrected chi connectivity index (χ3v) is 4.25. The summed E-state index contributed by atoms with van der Waals surface area (Å²) in [5, 5.41) is 10.8. The molecule has 2 aromatic carbocycles. The van der Waals surface area contributed by atoms with E-state index in [2.05, 4.69) is 20.7 Å². The predicted molar refractivity (Wildman–Crippen MR) is 115 cm³/mol. The van der Waals surface area contributed by atoms with Crippen LogP contribution in [0, 0.1) is 0 Å². The van der Waals surface area contributed by atoms with E-state index >= 15 is 0 Å². The molecule has 1 heterocycles. The lowest BCUT2D eigenvalue weighted by atomic mass is 10.1. The van der Waals surface area contributed by atoms with Gasteiger partial charge in [0.05, 0.1) is 27.0 Å². The lowest BCUT2D eigenvalue weighted by Gasteiger charge is -2.08. The number of methoxy groups -OCH3 is 3. The third-order valence-electron chi connectivity index (χ3n) is 4.25. The van der Waals surface area contributed by atoms with Crippen LogP contribution in [0.2, 0.25) is 0 Å². The molecule has 154 valence electrons. The van der Waals surface area contributed by atoms with E-state index in [9.17, 15) is 4.79 Å². The second kappa shape index (κ2) is 9.92. The third kappa shape index (κ3) is 4.85. The minimum absolute atomic E-state index is 0.272. The Balaban J connectivity index is 1.64. The topological polar surface area (TPSA) is 97.8 Å². The van der Waals surface area contributed by atoms with Gasteiger partial charge in [-0.25, -0.2) is 5.43 Å². The first-order chi connectivity index (χ1) is 14.7. The number of hydrogen-bond acceptors (Lipinski definition) is 6. The van der Waals surface area contributed by atoms with Crippen molar-refractivity contribution in [2.45, 2.75) is 0 Å². The van der Waals surface area contributed by atoms with Crippen LogP contribution in [0.5, 0.6) is 17.2 Å². The molecule has 2 N–H and O–H groups in total. The standard InChI is InChI=1S/C22H22N4O4/c1-28-16-10-11-17(21(13-16)30-3)18-14-19(25-24-18)22(27)26-23-12-6-8-15-7-4-5-9-20(15)29-2/h4-14H,1-3H3,(H,24,25)(H,26,27)/b8-6+,23-12-. The maximum absolute atomic E-state index is 12.3. The van der Waals surface area contributed by atoms with Crippen LogP contribution in [0.15, 0.2) is 59.7 Å². The Morgan fingerprint density at radius 1 is 1.03 bits per heavy atom. The van der Waals surface area contributed by atoms with Crippen LogP contribution in [-0.2, 0) is 0 Å². The van der Waals surface area contributed by atoms with Crippen molar-refractivity contribution in [2.75, 3.05) is 21.3 Å². The van der Waals surface area contributed by atoms with Crippen molar-refractivity contribution in [3.8, 4) is 28.5 Å². The number of carbonyl (C=O) groups is 1. The highest BCUT2D eigenvalue weighted by atomic mass is 16.5. The molecule has 30 heavy (non-hydrogen) atoms. The summed E-state index contributed by atoms with van der Waals surface area (Å²) in [7, 11) is 4.75. The van der Waals surface area contributed by atoms with Gasteiger partial charge in [-0.3, -0.25) is 9.89 Å². The number of nitrogens with zero attached hydrogens (tertiary/aromatic N) is 2. The molecule has 3 rings (SSSR count). The van der Waals surface area contributed by atoms with Crippen molar-refractivity contribution in [3.63, 3.8) is 0 Å². The molecule has 8 heteroatoms.